The minimum Gasteiger partial charge on any atom is -0.343 e. The van der Waals surface area contributed by atoms with E-state index in [4.69, 9.17) is 23.2 Å². The van der Waals surface area contributed by atoms with Gasteiger partial charge < -0.3 is 10.6 Å². The van der Waals surface area contributed by atoms with Crippen LogP contribution in [0.2, 0.25) is 10.0 Å². The normalized spacial score (nSPS) is 20.0. The number of rotatable bonds is 2. The molecule has 0 bridgehead atoms. The minimum atomic E-state index is -0.314. The molecule has 1 unspecified atom stereocenters. The van der Waals surface area contributed by atoms with Gasteiger partial charge in [0, 0.05) is 32.8 Å². The summed E-state index contributed by atoms with van der Waals surface area (Å²) in [5.41, 5.74) is 3.29. The summed E-state index contributed by atoms with van der Waals surface area (Å²) in [6.07, 6.45) is 3.71. The number of H-pyrrole nitrogens is 1. The van der Waals surface area contributed by atoms with Crippen LogP contribution in [0.25, 0.3) is 0 Å². The number of aromatic nitrogens is 2. The van der Waals surface area contributed by atoms with Crippen LogP contribution in [-0.2, 0) is 0 Å². The Morgan fingerprint density at radius 1 is 1.15 bits per heavy atom. The molecule has 5 nitrogen and oxygen atoms in total. The molecule has 1 fully saturated rings. The number of benzene rings is 1. The first-order chi connectivity index (χ1) is 12.2. The molecule has 2 aliphatic heterocycles. The average Bonchev–Trinajstić information content (AvgIpc) is 3.10. The maximum atomic E-state index is 9.99. The van der Waals surface area contributed by atoms with Crippen LogP contribution < -0.4 is 10.6 Å². The number of nitrogens with zero attached hydrogens (tertiary/aromatic N) is 2. The molecule has 3 heterocycles. The fourth-order valence-electron chi connectivity index (χ4n) is 3.77. The van der Waals surface area contributed by atoms with E-state index in [0.717, 1.165) is 48.6 Å². The third-order valence-electron chi connectivity index (χ3n) is 4.97. The number of allylic oxidation sites excluding steroid dienone is 2. The van der Waals surface area contributed by atoms with Gasteiger partial charge in [0.15, 0.2) is 0 Å². The third-order valence-corrected chi connectivity index (χ3v) is 5.63. The molecule has 2 aromatic rings. The van der Waals surface area contributed by atoms with Crippen molar-refractivity contribution in [2.24, 2.45) is 5.92 Å². The molecule has 0 amide bonds. The highest BCUT2D eigenvalue weighted by molar-refractivity contribution is 6.36. The highest BCUT2D eigenvalue weighted by atomic mass is 35.5. The van der Waals surface area contributed by atoms with Crippen LogP contribution in [0, 0.1) is 17.2 Å². The zero-order valence-electron chi connectivity index (χ0n) is 13.9. The van der Waals surface area contributed by atoms with E-state index < -0.39 is 0 Å². The smallest absolute Gasteiger partial charge is 0.129 e. The van der Waals surface area contributed by atoms with E-state index in [1.54, 1.807) is 6.20 Å². The molecule has 0 aliphatic carbocycles. The van der Waals surface area contributed by atoms with Crippen molar-refractivity contribution in [2.45, 2.75) is 18.8 Å². The first kappa shape index (κ1) is 19.1. The van der Waals surface area contributed by atoms with Crippen LogP contribution >= 0.6 is 35.6 Å². The van der Waals surface area contributed by atoms with Gasteiger partial charge in [0.05, 0.1) is 23.8 Å². The van der Waals surface area contributed by atoms with Crippen molar-refractivity contribution in [3.05, 3.63) is 56.8 Å². The second-order valence-electron chi connectivity index (χ2n) is 6.36. The van der Waals surface area contributed by atoms with Gasteiger partial charge in [-0.2, -0.15) is 10.4 Å². The molecule has 136 valence electrons. The van der Waals surface area contributed by atoms with Gasteiger partial charge in [-0.3, -0.25) is 5.10 Å². The number of fused-ring (bicyclic) bond motifs is 1. The van der Waals surface area contributed by atoms with Crippen molar-refractivity contribution in [1.82, 2.24) is 15.5 Å². The minimum absolute atomic E-state index is 0. The van der Waals surface area contributed by atoms with Gasteiger partial charge in [0.1, 0.15) is 5.82 Å². The summed E-state index contributed by atoms with van der Waals surface area (Å²) in [6, 6.07) is 7.86. The van der Waals surface area contributed by atoms with Gasteiger partial charge in [-0.05, 0) is 38.1 Å². The second kappa shape index (κ2) is 7.89. The van der Waals surface area contributed by atoms with Crippen LogP contribution in [0.3, 0.4) is 0 Å². The van der Waals surface area contributed by atoms with Crippen LogP contribution in [0.4, 0.5) is 5.82 Å². The van der Waals surface area contributed by atoms with Crippen LogP contribution in [0.5, 0.6) is 0 Å². The molecular formula is C18H18Cl3N5. The van der Waals surface area contributed by atoms with Gasteiger partial charge in [0.2, 0.25) is 0 Å². The van der Waals surface area contributed by atoms with Crippen molar-refractivity contribution in [3.63, 3.8) is 0 Å². The number of nitriles is 1. The molecule has 1 aromatic heterocycles. The molecule has 2 aliphatic rings. The maximum absolute atomic E-state index is 9.99. The van der Waals surface area contributed by atoms with Crippen LogP contribution in [0.1, 0.15) is 29.9 Å². The van der Waals surface area contributed by atoms with Crippen molar-refractivity contribution < 1.29 is 0 Å². The number of aromatic amines is 1. The molecule has 1 saturated heterocycles. The zero-order chi connectivity index (χ0) is 17.4. The van der Waals surface area contributed by atoms with E-state index >= 15 is 0 Å². The summed E-state index contributed by atoms with van der Waals surface area (Å²) >= 11 is 12.9. The van der Waals surface area contributed by atoms with Gasteiger partial charge in [-0.15, -0.1) is 12.4 Å². The van der Waals surface area contributed by atoms with Crippen molar-refractivity contribution in [2.75, 3.05) is 18.4 Å². The van der Waals surface area contributed by atoms with Crippen LogP contribution in [-0.4, -0.2) is 23.3 Å². The Balaban J connectivity index is 0.00000196. The number of nitrogens with one attached hydrogen (secondary N) is 3. The molecule has 8 heteroatoms. The maximum Gasteiger partial charge on any atom is 0.129 e. The summed E-state index contributed by atoms with van der Waals surface area (Å²) < 4.78 is 0. The van der Waals surface area contributed by atoms with E-state index in [0.29, 0.717) is 21.5 Å². The summed E-state index contributed by atoms with van der Waals surface area (Å²) in [4.78, 5) is 0. The highest BCUT2D eigenvalue weighted by Gasteiger charge is 2.36. The average molecular weight is 411 g/mol. The fourth-order valence-corrected chi connectivity index (χ4v) is 4.39. The molecule has 4 rings (SSSR count). The molecule has 0 spiro atoms. The van der Waals surface area contributed by atoms with E-state index in [1.165, 1.54) is 0 Å². The van der Waals surface area contributed by atoms with Crippen molar-refractivity contribution in [1.29, 1.82) is 5.26 Å². The number of halogens is 3. The molecule has 3 N–H and O–H groups in total. The summed E-state index contributed by atoms with van der Waals surface area (Å²) in [5, 5.41) is 25.1. The first-order valence-electron chi connectivity index (χ1n) is 8.29. The lowest BCUT2D eigenvalue weighted by molar-refractivity contribution is 0.418. The van der Waals surface area contributed by atoms with Gasteiger partial charge in [-0.1, -0.05) is 29.3 Å². The molecular weight excluding hydrogens is 393 g/mol. The lowest BCUT2D eigenvalue weighted by atomic mass is 9.79. The Bertz CT molecular complexity index is 857. The summed E-state index contributed by atoms with van der Waals surface area (Å²) in [7, 11) is 0. The molecule has 1 aromatic carbocycles. The largest absolute Gasteiger partial charge is 0.343 e. The van der Waals surface area contributed by atoms with Crippen LogP contribution in [0.15, 0.2) is 35.7 Å². The monoisotopic (exact) mass is 409 g/mol. The topological polar surface area (TPSA) is 76.5 Å². The van der Waals surface area contributed by atoms with E-state index in [1.807, 2.05) is 18.2 Å². The predicted molar refractivity (Wildman–Crippen MR) is 106 cm³/mol. The fraction of sp³-hybridized carbons (Fsp3) is 0.333. The lowest BCUT2D eigenvalue weighted by Crippen LogP contribution is -2.32. The Hall–Kier alpha value is -1.71. The number of hydrogen-bond donors (Lipinski definition) is 3. The Kier molecular flexibility index (Phi) is 5.79. The quantitative estimate of drug-likeness (QED) is 0.682. The van der Waals surface area contributed by atoms with E-state index in [-0.39, 0.29) is 18.3 Å². The second-order valence-corrected chi connectivity index (χ2v) is 7.17. The van der Waals surface area contributed by atoms with Gasteiger partial charge >= 0.3 is 0 Å². The summed E-state index contributed by atoms with van der Waals surface area (Å²) in [6.45, 7) is 1.89. The number of piperidine rings is 1. The van der Waals surface area contributed by atoms with Crippen molar-refractivity contribution in [3.8, 4) is 6.07 Å². The molecule has 0 saturated carbocycles. The molecule has 26 heavy (non-hydrogen) atoms. The van der Waals surface area contributed by atoms with E-state index in [2.05, 4.69) is 26.9 Å². The number of anilines is 1. The predicted octanol–water partition coefficient (Wildman–Crippen LogP) is 4.47. The lowest BCUT2D eigenvalue weighted by Gasteiger charge is -2.33. The van der Waals surface area contributed by atoms with E-state index in [9.17, 15) is 5.26 Å². The standard InChI is InChI=1S/C18H17Cl2N5.ClH/c19-13-2-1-3-14(20)16(13)15-11(8-21)17(10-4-6-22-7-5-10)24-18-12(15)9-23-25-18;/h1-3,9-10,15,22H,4-7H2,(H2,23,24,25);1H. The third kappa shape index (κ3) is 3.19. The highest BCUT2D eigenvalue weighted by Crippen LogP contribution is 2.47. The zero-order valence-corrected chi connectivity index (χ0v) is 16.2. The Morgan fingerprint density at radius 3 is 2.50 bits per heavy atom. The van der Waals surface area contributed by atoms with Crippen molar-refractivity contribution >= 4 is 41.4 Å². The SMILES string of the molecule is Cl.N#CC1=C(C2CCNCC2)Nc2[nH]ncc2C1c1c(Cl)cccc1Cl. The van der Waals surface area contributed by atoms with Gasteiger partial charge in [-0.25, -0.2) is 0 Å². The Labute approximate surface area is 168 Å². The Morgan fingerprint density at radius 2 is 1.85 bits per heavy atom. The molecule has 1 atom stereocenters. The molecule has 0 radical (unpaired) electrons. The summed E-state index contributed by atoms with van der Waals surface area (Å²) in [5.74, 6) is 0.802. The van der Waals surface area contributed by atoms with Gasteiger partial charge in [0.25, 0.3) is 0 Å². The first-order valence-corrected chi connectivity index (χ1v) is 9.05. The number of hydrogen-bond acceptors (Lipinski definition) is 4.